The minimum Gasteiger partial charge on any atom is -0.326 e. The van der Waals surface area contributed by atoms with Gasteiger partial charge in [0, 0.05) is 25.2 Å². The monoisotopic (exact) mass is 245 g/mol. The van der Waals surface area contributed by atoms with Gasteiger partial charge in [-0.3, -0.25) is 4.98 Å². The second-order valence-electron chi connectivity index (χ2n) is 3.69. The lowest BCUT2D eigenvalue weighted by atomic mass is 10.4. The summed E-state index contributed by atoms with van der Waals surface area (Å²) < 4.78 is 2.02. The quantitative estimate of drug-likeness (QED) is 0.743. The van der Waals surface area contributed by atoms with Crippen LogP contribution in [-0.2, 0) is 13.6 Å². The maximum atomic E-state index is 5.57. The van der Waals surface area contributed by atoms with Crippen molar-refractivity contribution in [2.45, 2.75) is 6.54 Å². The van der Waals surface area contributed by atoms with E-state index in [1.165, 1.54) is 0 Å². The van der Waals surface area contributed by atoms with Crippen molar-refractivity contribution in [3.8, 4) is 11.5 Å². The third-order valence-corrected chi connectivity index (χ3v) is 3.51. The van der Waals surface area contributed by atoms with Crippen LogP contribution < -0.4 is 5.73 Å². The van der Waals surface area contributed by atoms with E-state index in [0.717, 1.165) is 27.6 Å². The van der Waals surface area contributed by atoms with Crippen LogP contribution in [0.3, 0.4) is 0 Å². The van der Waals surface area contributed by atoms with Gasteiger partial charge in [0.2, 0.25) is 0 Å². The molecule has 86 valence electrons. The summed E-state index contributed by atoms with van der Waals surface area (Å²) in [6.07, 6.45) is 3.52. The number of hydrogen-bond donors (Lipinski definition) is 1. The average Bonchev–Trinajstić information content (AvgIpc) is 2.95. The zero-order valence-electron chi connectivity index (χ0n) is 9.29. The summed E-state index contributed by atoms with van der Waals surface area (Å²) in [5, 5.41) is 2.90. The molecule has 6 heteroatoms. The van der Waals surface area contributed by atoms with E-state index in [4.69, 9.17) is 5.73 Å². The number of pyridine rings is 1. The lowest BCUT2D eigenvalue weighted by Crippen LogP contribution is -1.96. The van der Waals surface area contributed by atoms with Gasteiger partial charge in [-0.15, -0.1) is 11.3 Å². The average molecular weight is 245 g/mol. The van der Waals surface area contributed by atoms with Crippen molar-refractivity contribution in [2.24, 2.45) is 12.8 Å². The van der Waals surface area contributed by atoms with E-state index in [1.807, 2.05) is 23.1 Å². The van der Waals surface area contributed by atoms with Gasteiger partial charge in [-0.2, -0.15) is 0 Å². The SMILES string of the molecule is Cn1c(-c2csc(CN)n2)nc2cnccc21. The maximum Gasteiger partial charge on any atom is 0.160 e. The highest BCUT2D eigenvalue weighted by atomic mass is 32.1. The molecule has 0 radical (unpaired) electrons. The number of rotatable bonds is 2. The molecule has 3 heterocycles. The first-order chi connectivity index (χ1) is 8.29. The van der Waals surface area contributed by atoms with Crippen molar-refractivity contribution >= 4 is 22.4 Å². The predicted molar refractivity (Wildman–Crippen MR) is 67.5 cm³/mol. The van der Waals surface area contributed by atoms with Crippen molar-refractivity contribution in [1.29, 1.82) is 0 Å². The van der Waals surface area contributed by atoms with Crippen LogP contribution >= 0.6 is 11.3 Å². The van der Waals surface area contributed by atoms with Gasteiger partial charge in [0.15, 0.2) is 5.82 Å². The Labute approximate surface area is 102 Å². The number of imidazole rings is 1. The molecule has 0 amide bonds. The Morgan fingerprint density at radius 3 is 3.00 bits per heavy atom. The minimum atomic E-state index is 0.468. The highest BCUT2D eigenvalue weighted by molar-refractivity contribution is 7.09. The van der Waals surface area contributed by atoms with Gasteiger partial charge < -0.3 is 10.3 Å². The Bertz CT molecular complexity index is 669. The lowest BCUT2D eigenvalue weighted by molar-refractivity contribution is 0.946. The molecule has 3 aromatic heterocycles. The highest BCUT2D eigenvalue weighted by Crippen LogP contribution is 2.24. The molecule has 0 saturated carbocycles. The van der Waals surface area contributed by atoms with E-state index in [2.05, 4.69) is 15.0 Å². The highest BCUT2D eigenvalue weighted by Gasteiger charge is 2.12. The summed E-state index contributed by atoms with van der Waals surface area (Å²) in [4.78, 5) is 13.0. The Morgan fingerprint density at radius 1 is 1.41 bits per heavy atom. The van der Waals surface area contributed by atoms with Crippen molar-refractivity contribution < 1.29 is 0 Å². The Morgan fingerprint density at radius 2 is 2.29 bits per heavy atom. The molecule has 0 fully saturated rings. The molecule has 5 nitrogen and oxygen atoms in total. The molecule has 17 heavy (non-hydrogen) atoms. The van der Waals surface area contributed by atoms with Gasteiger partial charge in [0.05, 0.1) is 11.7 Å². The molecule has 0 spiro atoms. The number of nitrogens with zero attached hydrogens (tertiary/aromatic N) is 4. The van der Waals surface area contributed by atoms with Crippen LogP contribution in [-0.4, -0.2) is 19.5 Å². The van der Waals surface area contributed by atoms with E-state index < -0.39 is 0 Å². The summed E-state index contributed by atoms with van der Waals surface area (Å²) in [6.45, 7) is 0.468. The van der Waals surface area contributed by atoms with Crippen LogP contribution in [0.4, 0.5) is 0 Å². The van der Waals surface area contributed by atoms with E-state index in [-0.39, 0.29) is 0 Å². The third-order valence-electron chi connectivity index (χ3n) is 2.64. The summed E-state index contributed by atoms with van der Waals surface area (Å²) in [6, 6.07) is 1.95. The molecule has 3 aromatic rings. The first-order valence-electron chi connectivity index (χ1n) is 5.21. The normalized spacial score (nSPS) is 11.2. The first kappa shape index (κ1) is 10.4. The number of fused-ring (bicyclic) bond motifs is 1. The summed E-state index contributed by atoms with van der Waals surface area (Å²) >= 11 is 1.56. The number of nitrogens with two attached hydrogens (primary N) is 1. The van der Waals surface area contributed by atoms with Gasteiger partial charge in [-0.1, -0.05) is 0 Å². The Hall–Kier alpha value is -1.79. The second kappa shape index (κ2) is 3.90. The smallest absolute Gasteiger partial charge is 0.160 e. The number of hydrogen-bond acceptors (Lipinski definition) is 5. The fraction of sp³-hybridized carbons (Fsp3) is 0.182. The lowest BCUT2D eigenvalue weighted by Gasteiger charge is -1.97. The van der Waals surface area contributed by atoms with E-state index in [1.54, 1.807) is 23.7 Å². The Balaban J connectivity index is 2.20. The molecular formula is C11H11N5S. The van der Waals surface area contributed by atoms with Crippen molar-refractivity contribution in [2.75, 3.05) is 0 Å². The van der Waals surface area contributed by atoms with Gasteiger partial charge in [-0.05, 0) is 6.07 Å². The molecular weight excluding hydrogens is 234 g/mol. The van der Waals surface area contributed by atoms with Crippen molar-refractivity contribution in [3.05, 3.63) is 28.8 Å². The summed E-state index contributed by atoms with van der Waals surface area (Å²) in [7, 11) is 1.98. The standard InChI is InChI=1S/C11H11N5S/c1-16-9-2-3-13-5-7(9)15-11(16)8-6-17-10(4-12)14-8/h2-3,5-6H,4,12H2,1H3. The van der Waals surface area contributed by atoms with Crippen LogP contribution in [0.2, 0.25) is 0 Å². The van der Waals surface area contributed by atoms with Crippen molar-refractivity contribution in [3.63, 3.8) is 0 Å². The van der Waals surface area contributed by atoms with Crippen LogP contribution in [0, 0.1) is 0 Å². The second-order valence-corrected chi connectivity index (χ2v) is 4.63. The molecule has 0 saturated heterocycles. The van der Waals surface area contributed by atoms with Gasteiger partial charge >= 0.3 is 0 Å². The predicted octanol–water partition coefficient (Wildman–Crippen LogP) is 1.55. The minimum absolute atomic E-state index is 0.468. The topological polar surface area (TPSA) is 69.6 Å². The molecule has 0 unspecified atom stereocenters. The maximum absolute atomic E-state index is 5.57. The van der Waals surface area contributed by atoms with Crippen LogP contribution in [0.15, 0.2) is 23.8 Å². The van der Waals surface area contributed by atoms with E-state index in [9.17, 15) is 0 Å². The fourth-order valence-corrected chi connectivity index (χ4v) is 2.44. The molecule has 3 rings (SSSR count). The number of thiazole rings is 1. The Kier molecular flexibility index (Phi) is 2.38. The molecule has 0 aliphatic carbocycles. The first-order valence-corrected chi connectivity index (χ1v) is 6.09. The van der Waals surface area contributed by atoms with Crippen LogP contribution in [0.1, 0.15) is 5.01 Å². The number of aryl methyl sites for hydroxylation is 1. The van der Waals surface area contributed by atoms with Gasteiger partial charge in [0.25, 0.3) is 0 Å². The molecule has 0 aromatic carbocycles. The zero-order chi connectivity index (χ0) is 11.8. The molecule has 0 bridgehead atoms. The molecule has 0 atom stereocenters. The molecule has 2 N–H and O–H groups in total. The van der Waals surface area contributed by atoms with Crippen LogP contribution in [0.5, 0.6) is 0 Å². The molecule has 0 aliphatic heterocycles. The fourth-order valence-electron chi connectivity index (χ4n) is 1.79. The van der Waals surface area contributed by atoms with Crippen molar-refractivity contribution in [1.82, 2.24) is 19.5 Å². The number of aromatic nitrogens is 4. The third kappa shape index (κ3) is 1.62. The van der Waals surface area contributed by atoms with Gasteiger partial charge in [-0.25, -0.2) is 9.97 Å². The molecule has 0 aliphatic rings. The largest absolute Gasteiger partial charge is 0.326 e. The van der Waals surface area contributed by atoms with Gasteiger partial charge in [0.1, 0.15) is 16.2 Å². The van der Waals surface area contributed by atoms with E-state index >= 15 is 0 Å². The van der Waals surface area contributed by atoms with E-state index in [0.29, 0.717) is 6.54 Å². The summed E-state index contributed by atoms with van der Waals surface area (Å²) in [5.41, 5.74) is 8.37. The van der Waals surface area contributed by atoms with Crippen LogP contribution in [0.25, 0.3) is 22.6 Å². The summed E-state index contributed by atoms with van der Waals surface area (Å²) in [5.74, 6) is 0.851. The zero-order valence-corrected chi connectivity index (χ0v) is 10.1.